The van der Waals surface area contributed by atoms with Crippen LogP contribution in [-0.4, -0.2) is 40.6 Å². The smallest absolute Gasteiger partial charge is 0.395 e. The number of hydrogen-bond acceptors (Lipinski definition) is 4. The number of rotatable bonds is 8. The number of hydrogen-bond donors (Lipinski definition) is 0. The van der Waals surface area contributed by atoms with Gasteiger partial charge in [-0.15, -0.1) is 0 Å². The summed E-state index contributed by atoms with van der Waals surface area (Å²) in [6, 6.07) is 0. The summed E-state index contributed by atoms with van der Waals surface area (Å²) >= 11 is 0. The molecule has 0 aromatic heterocycles. The first-order chi connectivity index (χ1) is 8.18. The highest BCUT2D eigenvalue weighted by Gasteiger charge is 2.53. The van der Waals surface area contributed by atoms with Crippen molar-refractivity contribution in [2.75, 3.05) is 6.61 Å². The van der Waals surface area contributed by atoms with E-state index in [4.69, 9.17) is 16.8 Å². The van der Waals surface area contributed by atoms with E-state index in [9.17, 15) is 0 Å². The van der Waals surface area contributed by atoms with Crippen LogP contribution in [0.15, 0.2) is 0 Å². The van der Waals surface area contributed by atoms with E-state index in [0.717, 1.165) is 0 Å². The summed E-state index contributed by atoms with van der Waals surface area (Å²) in [6.07, 6.45) is 0. The van der Waals surface area contributed by atoms with Gasteiger partial charge in [0.1, 0.15) is 0 Å². The van der Waals surface area contributed by atoms with Gasteiger partial charge in [-0.1, -0.05) is 0 Å². The molecular weight excluding hydrogens is 308 g/mol. The van der Waals surface area contributed by atoms with Crippen LogP contribution in [0.2, 0.25) is 58.9 Å². The van der Waals surface area contributed by atoms with Crippen molar-refractivity contribution < 1.29 is 16.8 Å². The van der Waals surface area contributed by atoms with Gasteiger partial charge in [0, 0.05) is 6.61 Å². The molecule has 116 valence electrons. The third-order valence-corrected chi connectivity index (χ3v) is 12.6. The predicted octanol–water partition coefficient (Wildman–Crippen LogP) is 4.01. The Kier molecular flexibility index (Phi) is 6.89. The normalized spacial score (nSPS) is 14.8. The topological polar surface area (TPSA) is 36.9 Å². The van der Waals surface area contributed by atoms with Crippen LogP contribution in [0.5, 0.6) is 0 Å². The van der Waals surface area contributed by atoms with Gasteiger partial charge in [-0.2, -0.15) is 0 Å². The Bertz CT molecular complexity index is 237. The van der Waals surface area contributed by atoms with Gasteiger partial charge in [0.2, 0.25) is 0 Å². The molecule has 0 aromatic rings. The standard InChI is InChI=1S/C11H32O4Si4/c1-11-12-19(13-16(2,3)4,14-17(5,6)7)15-18(8,9)10/h11H2,1-10H3. The summed E-state index contributed by atoms with van der Waals surface area (Å²) in [7, 11) is -8.41. The van der Waals surface area contributed by atoms with Gasteiger partial charge in [-0.05, 0) is 65.8 Å². The van der Waals surface area contributed by atoms with E-state index in [1.165, 1.54) is 0 Å². The first kappa shape index (κ1) is 19.7. The Labute approximate surface area is 123 Å². The van der Waals surface area contributed by atoms with E-state index in [1.807, 2.05) is 6.92 Å². The highest BCUT2D eigenvalue weighted by molar-refractivity contribution is 6.87. The average Bonchev–Trinajstić information content (AvgIpc) is 1.90. The minimum absolute atomic E-state index is 0.561. The van der Waals surface area contributed by atoms with E-state index < -0.39 is 34.0 Å². The fourth-order valence-corrected chi connectivity index (χ4v) is 13.1. The lowest BCUT2D eigenvalue weighted by Crippen LogP contribution is -2.62. The molecule has 0 aliphatic rings. The Morgan fingerprint density at radius 3 is 1.00 bits per heavy atom. The van der Waals surface area contributed by atoms with Crippen molar-refractivity contribution in [3.05, 3.63) is 0 Å². The molecule has 4 nitrogen and oxygen atoms in total. The van der Waals surface area contributed by atoms with Gasteiger partial charge in [-0.3, -0.25) is 0 Å². The lowest BCUT2D eigenvalue weighted by molar-refractivity contribution is 0.0894. The van der Waals surface area contributed by atoms with Gasteiger partial charge in [0.05, 0.1) is 0 Å². The Morgan fingerprint density at radius 1 is 0.579 bits per heavy atom. The van der Waals surface area contributed by atoms with Gasteiger partial charge in [0.15, 0.2) is 25.0 Å². The van der Waals surface area contributed by atoms with Crippen LogP contribution in [0.25, 0.3) is 0 Å². The molecule has 8 heteroatoms. The molecule has 0 N–H and O–H groups in total. The van der Waals surface area contributed by atoms with Crippen LogP contribution in [0.1, 0.15) is 6.92 Å². The van der Waals surface area contributed by atoms with Crippen LogP contribution in [0.4, 0.5) is 0 Å². The highest BCUT2D eigenvalue weighted by atomic mass is 28.5. The molecule has 0 spiro atoms. The fourth-order valence-electron chi connectivity index (χ4n) is 1.45. The molecule has 0 rings (SSSR count). The summed E-state index contributed by atoms with van der Waals surface area (Å²) in [5, 5.41) is 0. The largest absolute Gasteiger partial charge is 0.647 e. The third kappa shape index (κ3) is 10.1. The zero-order chi connectivity index (χ0) is 15.5. The SMILES string of the molecule is CCO[Si](O[Si](C)(C)C)(O[Si](C)(C)C)O[Si](C)(C)C. The monoisotopic (exact) mass is 340 g/mol. The zero-order valence-electron chi connectivity index (χ0n) is 14.3. The second-order valence-electron chi connectivity index (χ2n) is 7.58. The van der Waals surface area contributed by atoms with Gasteiger partial charge >= 0.3 is 9.05 Å². The summed E-state index contributed by atoms with van der Waals surface area (Å²) in [6.45, 7) is 21.9. The van der Waals surface area contributed by atoms with Gasteiger partial charge in [-0.25, -0.2) is 0 Å². The van der Waals surface area contributed by atoms with Crippen LogP contribution in [0.3, 0.4) is 0 Å². The van der Waals surface area contributed by atoms with Crippen LogP contribution in [-0.2, 0) is 16.8 Å². The van der Waals surface area contributed by atoms with Crippen molar-refractivity contribution in [1.29, 1.82) is 0 Å². The minimum Gasteiger partial charge on any atom is -0.395 e. The lowest BCUT2D eigenvalue weighted by atomic mass is 10.9. The van der Waals surface area contributed by atoms with Crippen LogP contribution < -0.4 is 0 Å². The molecule has 0 heterocycles. The van der Waals surface area contributed by atoms with Crippen molar-refractivity contribution in [1.82, 2.24) is 0 Å². The van der Waals surface area contributed by atoms with Crippen molar-refractivity contribution in [2.45, 2.75) is 65.8 Å². The summed E-state index contributed by atoms with van der Waals surface area (Å²) in [4.78, 5) is 0. The average molecular weight is 341 g/mol. The summed E-state index contributed by atoms with van der Waals surface area (Å²) < 4.78 is 24.8. The maximum absolute atomic E-state index is 6.30. The van der Waals surface area contributed by atoms with Crippen LogP contribution in [0, 0.1) is 0 Å². The molecule has 0 unspecified atom stereocenters. The fraction of sp³-hybridized carbons (Fsp3) is 1.00. The first-order valence-electron chi connectivity index (χ1n) is 6.92. The Hall–Kier alpha value is 0.708. The molecular formula is C11H32O4Si4. The summed E-state index contributed by atoms with van der Waals surface area (Å²) in [5.41, 5.74) is 0. The Morgan fingerprint density at radius 2 is 0.842 bits per heavy atom. The molecule has 0 amide bonds. The molecule has 0 radical (unpaired) electrons. The van der Waals surface area contributed by atoms with E-state index >= 15 is 0 Å². The maximum atomic E-state index is 6.30. The minimum atomic E-state index is -3.02. The third-order valence-electron chi connectivity index (χ3n) is 1.61. The van der Waals surface area contributed by atoms with E-state index in [-0.39, 0.29) is 0 Å². The molecule has 0 fully saturated rings. The molecule has 0 aliphatic heterocycles. The van der Waals surface area contributed by atoms with Crippen molar-refractivity contribution in [2.24, 2.45) is 0 Å². The second kappa shape index (κ2) is 6.65. The van der Waals surface area contributed by atoms with E-state index in [0.29, 0.717) is 6.61 Å². The maximum Gasteiger partial charge on any atom is 0.647 e. The quantitative estimate of drug-likeness (QED) is 0.626. The zero-order valence-corrected chi connectivity index (χ0v) is 18.3. The second-order valence-corrected chi connectivity index (χ2v) is 24.0. The van der Waals surface area contributed by atoms with Crippen molar-refractivity contribution in [3.63, 3.8) is 0 Å². The molecule has 0 saturated carbocycles. The van der Waals surface area contributed by atoms with Crippen molar-refractivity contribution in [3.8, 4) is 0 Å². The molecule has 0 aromatic carbocycles. The molecule has 19 heavy (non-hydrogen) atoms. The van der Waals surface area contributed by atoms with Crippen molar-refractivity contribution >= 4 is 34.0 Å². The molecule has 0 bridgehead atoms. The van der Waals surface area contributed by atoms with Gasteiger partial charge in [0.25, 0.3) is 0 Å². The first-order valence-corrected chi connectivity index (χ1v) is 18.8. The highest BCUT2D eigenvalue weighted by Crippen LogP contribution is 2.26. The Balaban J connectivity index is 5.34. The molecule has 0 atom stereocenters. The molecule has 0 saturated heterocycles. The van der Waals surface area contributed by atoms with Crippen LogP contribution >= 0.6 is 0 Å². The molecule has 0 aliphatic carbocycles. The lowest BCUT2D eigenvalue weighted by Gasteiger charge is -2.40. The van der Waals surface area contributed by atoms with E-state index in [1.54, 1.807) is 0 Å². The van der Waals surface area contributed by atoms with Gasteiger partial charge < -0.3 is 16.8 Å². The van der Waals surface area contributed by atoms with E-state index in [2.05, 4.69) is 58.9 Å². The summed E-state index contributed by atoms with van der Waals surface area (Å²) in [5.74, 6) is 0. The predicted molar refractivity (Wildman–Crippen MR) is 90.7 cm³/mol.